The van der Waals surface area contributed by atoms with Crippen LogP contribution >= 0.6 is 11.6 Å². The van der Waals surface area contributed by atoms with Crippen molar-refractivity contribution in [3.05, 3.63) is 52.8 Å². The van der Waals surface area contributed by atoms with Crippen molar-refractivity contribution in [2.45, 2.75) is 12.5 Å². The van der Waals surface area contributed by atoms with E-state index in [1.54, 1.807) is 24.4 Å². The van der Waals surface area contributed by atoms with E-state index in [4.69, 9.17) is 16.3 Å². The number of halogens is 2. The molecule has 0 spiro atoms. The van der Waals surface area contributed by atoms with E-state index in [1.165, 1.54) is 12.3 Å². The Bertz CT molecular complexity index is 689. The van der Waals surface area contributed by atoms with Gasteiger partial charge in [-0.1, -0.05) is 23.8 Å². The molecular formula is C16H15ClFN3O. The topological polar surface area (TPSA) is 47.0 Å². The molecule has 1 saturated heterocycles. The Kier molecular flexibility index (Phi) is 4.65. The summed E-state index contributed by atoms with van der Waals surface area (Å²) in [5.74, 6) is 0.148. The number of pyridine rings is 2. The monoisotopic (exact) mass is 319 g/mol. The van der Waals surface area contributed by atoms with Crippen LogP contribution in [0.15, 0.2) is 30.6 Å². The molecular weight excluding hydrogens is 305 g/mol. The molecule has 1 aliphatic rings. The van der Waals surface area contributed by atoms with Crippen LogP contribution in [0.3, 0.4) is 0 Å². The van der Waals surface area contributed by atoms with Gasteiger partial charge in [0.25, 0.3) is 0 Å². The van der Waals surface area contributed by atoms with Gasteiger partial charge in [0.05, 0.1) is 6.20 Å². The maximum Gasteiger partial charge on any atom is 0.213 e. The Balaban J connectivity index is 1.71. The predicted molar refractivity (Wildman–Crippen MR) is 84.3 cm³/mol. The van der Waals surface area contributed by atoms with Gasteiger partial charge in [-0.3, -0.25) is 0 Å². The Morgan fingerprint density at radius 1 is 1.36 bits per heavy atom. The van der Waals surface area contributed by atoms with Crippen molar-refractivity contribution in [2.75, 3.05) is 13.2 Å². The van der Waals surface area contributed by atoms with Crippen LogP contribution in [0, 0.1) is 5.95 Å². The highest BCUT2D eigenvalue weighted by Gasteiger charge is 2.16. The molecule has 2 aromatic heterocycles. The van der Waals surface area contributed by atoms with Crippen LogP contribution in [0.1, 0.15) is 17.5 Å². The van der Waals surface area contributed by atoms with Crippen LogP contribution in [-0.2, 0) is 0 Å². The first-order valence-corrected chi connectivity index (χ1v) is 7.40. The summed E-state index contributed by atoms with van der Waals surface area (Å²) in [5, 5.41) is 3.64. The third kappa shape index (κ3) is 3.81. The van der Waals surface area contributed by atoms with Gasteiger partial charge in [0.2, 0.25) is 5.95 Å². The lowest BCUT2D eigenvalue weighted by Gasteiger charge is -2.27. The average molecular weight is 320 g/mol. The van der Waals surface area contributed by atoms with E-state index in [1.807, 2.05) is 6.07 Å². The summed E-state index contributed by atoms with van der Waals surface area (Å²) < 4.78 is 18.7. The van der Waals surface area contributed by atoms with Crippen molar-refractivity contribution < 1.29 is 9.13 Å². The SMILES string of the molecule is Fc1cc(/C=C/c2cc(OC[C@@H]3CCN3)cnc2Cl)ccn1. The van der Waals surface area contributed by atoms with Gasteiger partial charge in [-0.05, 0) is 30.7 Å². The lowest BCUT2D eigenvalue weighted by molar-refractivity contribution is 0.217. The smallest absolute Gasteiger partial charge is 0.213 e. The van der Waals surface area contributed by atoms with Crippen molar-refractivity contribution in [3.63, 3.8) is 0 Å². The number of ether oxygens (including phenoxy) is 1. The van der Waals surface area contributed by atoms with Gasteiger partial charge in [0.15, 0.2) is 0 Å². The summed E-state index contributed by atoms with van der Waals surface area (Å²) in [6.07, 6.45) is 7.68. The van der Waals surface area contributed by atoms with Gasteiger partial charge in [0, 0.05) is 23.9 Å². The van der Waals surface area contributed by atoms with E-state index in [0.29, 0.717) is 29.1 Å². The number of rotatable bonds is 5. The number of nitrogens with one attached hydrogen (secondary N) is 1. The van der Waals surface area contributed by atoms with Crippen molar-refractivity contribution in [1.29, 1.82) is 0 Å². The van der Waals surface area contributed by atoms with Gasteiger partial charge in [-0.2, -0.15) is 4.39 Å². The van der Waals surface area contributed by atoms with Crippen LogP contribution in [0.5, 0.6) is 5.75 Å². The zero-order valence-electron chi connectivity index (χ0n) is 11.8. The van der Waals surface area contributed by atoms with Crippen LogP contribution in [0.4, 0.5) is 4.39 Å². The second kappa shape index (κ2) is 6.85. The molecule has 0 bridgehead atoms. The molecule has 6 heteroatoms. The molecule has 4 nitrogen and oxygen atoms in total. The molecule has 0 saturated carbocycles. The summed E-state index contributed by atoms with van der Waals surface area (Å²) in [6, 6.07) is 5.29. The molecule has 3 rings (SSSR count). The van der Waals surface area contributed by atoms with Gasteiger partial charge >= 0.3 is 0 Å². The van der Waals surface area contributed by atoms with Crippen molar-refractivity contribution in [3.8, 4) is 5.75 Å². The Labute approximate surface area is 133 Å². The molecule has 0 amide bonds. The minimum atomic E-state index is -0.517. The average Bonchev–Trinajstić information content (AvgIpc) is 2.46. The fraction of sp³-hybridized carbons (Fsp3) is 0.250. The molecule has 1 N–H and O–H groups in total. The quantitative estimate of drug-likeness (QED) is 0.860. The van der Waals surface area contributed by atoms with E-state index in [2.05, 4.69) is 15.3 Å². The summed E-state index contributed by atoms with van der Waals surface area (Å²) >= 11 is 6.08. The highest BCUT2D eigenvalue weighted by Crippen LogP contribution is 2.22. The zero-order chi connectivity index (χ0) is 15.4. The molecule has 1 aliphatic heterocycles. The summed E-state index contributed by atoms with van der Waals surface area (Å²) in [5.41, 5.74) is 1.42. The fourth-order valence-corrected chi connectivity index (χ4v) is 2.20. The lowest BCUT2D eigenvalue weighted by Crippen LogP contribution is -2.46. The van der Waals surface area contributed by atoms with E-state index < -0.39 is 5.95 Å². The Morgan fingerprint density at radius 3 is 2.95 bits per heavy atom. The molecule has 0 unspecified atom stereocenters. The van der Waals surface area contributed by atoms with Gasteiger partial charge < -0.3 is 10.1 Å². The maximum absolute atomic E-state index is 13.0. The first kappa shape index (κ1) is 14.9. The van der Waals surface area contributed by atoms with Gasteiger partial charge in [0.1, 0.15) is 17.5 Å². The first-order chi connectivity index (χ1) is 10.7. The summed E-state index contributed by atoms with van der Waals surface area (Å²) in [4.78, 5) is 7.63. The van der Waals surface area contributed by atoms with Gasteiger partial charge in [-0.25, -0.2) is 9.97 Å². The summed E-state index contributed by atoms with van der Waals surface area (Å²) in [6.45, 7) is 1.66. The van der Waals surface area contributed by atoms with Crippen molar-refractivity contribution in [1.82, 2.24) is 15.3 Å². The number of hydrogen-bond acceptors (Lipinski definition) is 4. The molecule has 2 aromatic rings. The molecule has 0 aliphatic carbocycles. The number of hydrogen-bond donors (Lipinski definition) is 1. The first-order valence-electron chi connectivity index (χ1n) is 7.02. The normalized spacial score (nSPS) is 17.5. The van der Waals surface area contributed by atoms with Crippen LogP contribution in [0.2, 0.25) is 5.15 Å². The molecule has 22 heavy (non-hydrogen) atoms. The minimum Gasteiger partial charge on any atom is -0.490 e. The second-order valence-electron chi connectivity index (χ2n) is 5.05. The molecule has 1 fully saturated rings. The van der Waals surface area contributed by atoms with E-state index in [0.717, 1.165) is 18.5 Å². The predicted octanol–water partition coefficient (Wildman–Crippen LogP) is 3.18. The molecule has 0 radical (unpaired) electrons. The fourth-order valence-electron chi connectivity index (χ4n) is 2.04. The highest BCUT2D eigenvalue weighted by atomic mass is 35.5. The standard InChI is InChI=1S/C16H15ClFN3O/c17-16-12(2-1-11-3-5-20-15(18)7-11)8-14(9-21-16)22-10-13-4-6-19-13/h1-3,5,7-9,13,19H,4,6,10H2/b2-1+/t13-/m0/s1. The highest BCUT2D eigenvalue weighted by molar-refractivity contribution is 6.31. The van der Waals surface area contributed by atoms with E-state index in [9.17, 15) is 4.39 Å². The summed E-state index contributed by atoms with van der Waals surface area (Å²) in [7, 11) is 0. The van der Waals surface area contributed by atoms with Gasteiger partial charge in [-0.15, -0.1) is 0 Å². The third-order valence-electron chi connectivity index (χ3n) is 3.42. The largest absolute Gasteiger partial charge is 0.490 e. The lowest BCUT2D eigenvalue weighted by atomic mass is 10.1. The Hall–Kier alpha value is -1.98. The van der Waals surface area contributed by atoms with Crippen LogP contribution < -0.4 is 10.1 Å². The molecule has 114 valence electrons. The van der Waals surface area contributed by atoms with E-state index in [-0.39, 0.29) is 0 Å². The molecule has 0 aromatic carbocycles. The second-order valence-corrected chi connectivity index (χ2v) is 5.41. The number of aromatic nitrogens is 2. The van der Waals surface area contributed by atoms with E-state index >= 15 is 0 Å². The van der Waals surface area contributed by atoms with Crippen LogP contribution in [0.25, 0.3) is 12.2 Å². The number of nitrogens with zero attached hydrogens (tertiary/aromatic N) is 2. The Morgan fingerprint density at radius 2 is 2.23 bits per heavy atom. The third-order valence-corrected chi connectivity index (χ3v) is 3.74. The molecule has 3 heterocycles. The van der Waals surface area contributed by atoms with Crippen molar-refractivity contribution >= 4 is 23.8 Å². The minimum absolute atomic E-state index is 0.375. The maximum atomic E-state index is 13.0. The van der Waals surface area contributed by atoms with Crippen molar-refractivity contribution in [2.24, 2.45) is 0 Å². The van der Waals surface area contributed by atoms with Crippen LogP contribution in [-0.4, -0.2) is 29.2 Å². The molecule has 1 atom stereocenters. The zero-order valence-corrected chi connectivity index (χ0v) is 12.6.